The summed E-state index contributed by atoms with van der Waals surface area (Å²) in [6.45, 7) is 0.727. The first kappa shape index (κ1) is 20.1. The number of halogens is 1. The van der Waals surface area contributed by atoms with Crippen LogP contribution in [0, 0.1) is 0 Å². The molecule has 7 nitrogen and oxygen atoms in total. The second-order valence-corrected chi connectivity index (χ2v) is 7.52. The summed E-state index contributed by atoms with van der Waals surface area (Å²) in [7, 11) is 1.50. The van der Waals surface area contributed by atoms with Crippen molar-refractivity contribution in [2.75, 3.05) is 19.0 Å². The maximum absolute atomic E-state index is 6.25. The summed E-state index contributed by atoms with van der Waals surface area (Å²) in [6.07, 6.45) is 5.63. The lowest BCUT2D eigenvalue weighted by Crippen LogP contribution is -2.06. The van der Waals surface area contributed by atoms with E-state index >= 15 is 0 Å². The van der Waals surface area contributed by atoms with Crippen molar-refractivity contribution in [2.45, 2.75) is 6.42 Å². The highest BCUT2D eigenvalue weighted by molar-refractivity contribution is 7.17. The lowest BCUT2D eigenvalue weighted by molar-refractivity contribution is 0.215. The number of pyridine rings is 1. The third-order valence-corrected chi connectivity index (χ3v) is 5.56. The van der Waals surface area contributed by atoms with Crippen LogP contribution in [0.25, 0.3) is 10.2 Å². The third kappa shape index (κ3) is 4.84. The minimum Gasteiger partial charge on any atom is -0.439 e. The summed E-state index contributed by atoms with van der Waals surface area (Å²) in [6, 6.07) is 11.6. The first-order valence-corrected chi connectivity index (χ1v) is 10.4. The molecule has 0 radical (unpaired) electrons. The number of aromatic nitrogens is 3. The van der Waals surface area contributed by atoms with Crippen LogP contribution in [-0.2, 0) is 11.3 Å². The molecule has 0 atom stereocenters. The van der Waals surface area contributed by atoms with Crippen molar-refractivity contribution in [2.24, 2.45) is 5.16 Å². The molecule has 0 amide bonds. The molecule has 9 heteroatoms. The fourth-order valence-corrected chi connectivity index (χ4v) is 3.92. The van der Waals surface area contributed by atoms with E-state index in [1.54, 1.807) is 24.8 Å². The van der Waals surface area contributed by atoms with Crippen LogP contribution in [0.2, 0.25) is 5.02 Å². The summed E-state index contributed by atoms with van der Waals surface area (Å²) < 4.78 is 5.79. The molecule has 30 heavy (non-hydrogen) atoms. The Balaban J connectivity index is 1.32. The Morgan fingerprint density at radius 2 is 2.00 bits per heavy atom. The number of nitrogens with zero attached hydrogens (tertiary/aromatic N) is 4. The van der Waals surface area contributed by atoms with E-state index in [9.17, 15) is 0 Å². The number of hydrogen-bond acceptors (Lipinski definition) is 8. The highest BCUT2D eigenvalue weighted by atomic mass is 35.5. The molecule has 1 N–H and O–H groups in total. The smallest absolute Gasteiger partial charge is 0.219 e. The fourth-order valence-electron chi connectivity index (χ4n) is 2.79. The van der Waals surface area contributed by atoms with Crippen LogP contribution in [0.15, 0.2) is 59.5 Å². The largest absolute Gasteiger partial charge is 0.439 e. The molecule has 0 fully saturated rings. The molecule has 4 aromatic rings. The van der Waals surface area contributed by atoms with Gasteiger partial charge in [0.1, 0.15) is 29.8 Å². The van der Waals surface area contributed by atoms with Crippen molar-refractivity contribution in [3.05, 3.63) is 70.5 Å². The monoisotopic (exact) mass is 439 g/mol. The van der Waals surface area contributed by atoms with Gasteiger partial charge in [-0.2, -0.15) is 0 Å². The fraction of sp³-hybridized carbons (Fsp3) is 0.143. The van der Waals surface area contributed by atoms with Crippen LogP contribution in [0.3, 0.4) is 0 Å². The molecule has 3 aromatic heterocycles. The number of anilines is 1. The van der Waals surface area contributed by atoms with Gasteiger partial charge in [0.05, 0.1) is 16.6 Å². The van der Waals surface area contributed by atoms with Crippen molar-refractivity contribution >= 4 is 45.2 Å². The summed E-state index contributed by atoms with van der Waals surface area (Å²) >= 11 is 7.76. The maximum atomic E-state index is 6.25. The van der Waals surface area contributed by atoms with Gasteiger partial charge in [0.25, 0.3) is 0 Å². The van der Waals surface area contributed by atoms with Gasteiger partial charge in [-0.05, 0) is 30.2 Å². The van der Waals surface area contributed by atoms with Gasteiger partial charge in [-0.25, -0.2) is 15.0 Å². The Labute approximate surface area is 182 Å². The number of benzene rings is 1. The lowest BCUT2D eigenvalue weighted by atomic mass is 10.1. The minimum absolute atomic E-state index is 0.513. The van der Waals surface area contributed by atoms with Gasteiger partial charge in [0.15, 0.2) is 0 Å². The molecule has 0 aliphatic rings. The second kappa shape index (κ2) is 9.51. The van der Waals surface area contributed by atoms with Gasteiger partial charge in [-0.1, -0.05) is 28.9 Å². The van der Waals surface area contributed by atoms with Crippen LogP contribution >= 0.6 is 22.9 Å². The van der Waals surface area contributed by atoms with Crippen LogP contribution < -0.4 is 10.1 Å². The summed E-state index contributed by atoms with van der Waals surface area (Å²) in [5.41, 5.74) is 2.01. The van der Waals surface area contributed by atoms with Crippen LogP contribution in [0.4, 0.5) is 5.82 Å². The Bertz CT molecular complexity index is 1150. The van der Waals surface area contributed by atoms with Crippen LogP contribution in [-0.4, -0.2) is 34.8 Å². The van der Waals surface area contributed by atoms with Gasteiger partial charge in [0, 0.05) is 29.8 Å². The van der Waals surface area contributed by atoms with Gasteiger partial charge >= 0.3 is 0 Å². The zero-order valence-electron chi connectivity index (χ0n) is 16.1. The average Bonchev–Trinajstić information content (AvgIpc) is 3.16. The van der Waals surface area contributed by atoms with E-state index in [4.69, 9.17) is 16.3 Å². The third-order valence-electron chi connectivity index (χ3n) is 4.24. The molecule has 152 valence electrons. The number of hydrogen-bond donors (Lipinski definition) is 1. The number of fused-ring (bicyclic) bond motifs is 1. The van der Waals surface area contributed by atoms with Gasteiger partial charge < -0.3 is 14.9 Å². The summed E-state index contributed by atoms with van der Waals surface area (Å²) in [5, 5.41) is 10.5. The van der Waals surface area contributed by atoms with Crippen molar-refractivity contribution in [1.29, 1.82) is 0 Å². The quantitative estimate of drug-likeness (QED) is 0.301. The summed E-state index contributed by atoms with van der Waals surface area (Å²) in [4.78, 5) is 18.3. The zero-order valence-corrected chi connectivity index (χ0v) is 17.7. The average molecular weight is 440 g/mol. The van der Waals surface area contributed by atoms with E-state index < -0.39 is 0 Å². The molecular formula is C21H18ClN5O2S. The van der Waals surface area contributed by atoms with E-state index in [-0.39, 0.29) is 0 Å². The van der Waals surface area contributed by atoms with Crippen LogP contribution in [0.1, 0.15) is 11.1 Å². The van der Waals surface area contributed by atoms with E-state index in [0.29, 0.717) is 10.9 Å². The molecule has 0 unspecified atom stereocenters. The molecule has 0 saturated heterocycles. The van der Waals surface area contributed by atoms with Gasteiger partial charge in [-0.15, -0.1) is 11.3 Å². The Morgan fingerprint density at radius 3 is 2.77 bits per heavy atom. The standard InChI is InChI=1S/C21H18ClN5O2S/c1-28-27-11-15-4-7-18(24-10-15)29-16-5-2-14(3-6-16)8-9-23-20-19-17(22)12-30-21(19)26-13-25-20/h2-7,10-13H,8-9H2,1H3,(H,23,25,26)/b27-11+. The normalized spacial score (nSPS) is 11.1. The highest BCUT2D eigenvalue weighted by Gasteiger charge is 2.09. The highest BCUT2D eigenvalue weighted by Crippen LogP contribution is 2.32. The molecule has 3 heterocycles. The molecule has 0 spiro atoms. The zero-order chi connectivity index (χ0) is 20.8. The number of thiophene rings is 1. The predicted molar refractivity (Wildman–Crippen MR) is 120 cm³/mol. The summed E-state index contributed by atoms with van der Waals surface area (Å²) in [5.74, 6) is 2.00. The first-order chi connectivity index (χ1) is 14.7. The molecule has 4 rings (SSSR count). The van der Waals surface area contributed by atoms with Crippen molar-refractivity contribution in [3.8, 4) is 11.6 Å². The Kier molecular flexibility index (Phi) is 6.36. The van der Waals surface area contributed by atoms with Crippen molar-refractivity contribution in [1.82, 2.24) is 15.0 Å². The number of ether oxygens (including phenoxy) is 1. The minimum atomic E-state index is 0.513. The number of rotatable bonds is 8. The Morgan fingerprint density at radius 1 is 1.13 bits per heavy atom. The van der Waals surface area contributed by atoms with E-state index in [1.807, 2.05) is 35.7 Å². The molecular weight excluding hydrogens is 422 g/mol. The topological polar surface area (TPSA) is 81.5 Å². The molecule has 1 aromatic carbocycles. The molecule has 0 aliphatic carbocycles. The van der Waals surface area contributed by atoms with E-state index in [0.717, 1.165) is 40.3 Å². The van der Waals surface area contributed by atoms with Crippen LogP contribution in [0.5, 0.6) is 11.6 Å². The number of oxime groups is 1. The number of nitrogens with one attached hydrogen (secondary N) is 1. The first-order valence-electron chi connectivity index (χ1n) is 9.14. The maximum Gasteiger partial charge on any atom is 0.219 e. The van der Waals surface area contributed by atoms with E-state index in [2.05, 4.69) is 30.3 Å². The SMILES string of the molecule is CO/N=C/c1ccc(Oc2ccc(CCNc3ncnc4scc(Cl)c34)cc2)nc1. The lowest BCUT2D eigenvalue weighted by Gasteiger charge is -2.08. The van der Waals surface area contributed by atoms with Crippen molar-refractivity contribution < 1.29 is 9.57 Å². The van der Waals surface area contributed by atoms with Gasteiger partial charge in [-0.3, -0.25) is 0 Å². The van der Waals surface area contributed by atoms with Crippen molar-refractivity contribution in [3.63, 3.8) is 0 Å². The molecule has 0 aliphatic heterocycles. The second-order valence-electron chi connectivity index (χ2n) is 6.26. The van der Waals surface area contributed by atoms with Gasteiger partial charge in [0.2, 0.25) is 5.88 Å². The molecule has 0 bridgehead atoms. The molecule has 0 saturated carbocycles. The predicted octanol–water partition coefficient (Wildman–Crippen LogP) is 5.17. The Hall–Kier alpha value is -3.23. The van der Waals surface area contributed by atoms with E-state index in [1.165, 1.54) is 24.0 Å².